The van der Waals surface area contributed by atoms with E-state index in [9.17, 15) is 30.3 Å². The molecule has 10 heteroatoms. The summed E-state index contributed by atoms with van der Waals surface area (Å²) in [7, 11) is 0. The number of guanidine groups is 1. The number of esters is 1. The summed E-state index contributed by atoms with van der Waals surface area (Å²) in [6, 6.07) is 0. The third-order valence-electron chi connectivity index (χ3n) is 4.75. The van der Waals surface area contributed by atoms with Gasteiger partial charge in [0.15, 0.2) is 23.8 Å². The van der Waals surface area contributed by atoms with Gasteiger partial charge in [-0.2, -0.15) is 0 Å². The summed E-state index contributed by atoms with van der Waals surface area (Å²) in [6.07, 6.45) is -6.60. The minimum Gasteiger partial charge on any atom is -0.454 e. The minimum atomic E-state index is -2.26. The number of rotatable bonds is 1. The highest BCUT2D eigenvalue weighted by Gasteiger charge is 2.73. The zero-order chi connectivity index (χ0) is 15.6. The van der Waals surface area contributed by atoms with Crippen LogP contribution in [0.4, 0.5) is 0 Å². The van der Waals surface area contributed by atoms with Gasteiger partial charge in [0, 0.05) is 5.92 Å². The molecule has 0 aromatic carbocycles. The summed E-state index contributed by atoms with van der Waals surface area (Å²) in [4.78, 5) is 15.7. The largest absolute Gasteiger partial charge is 0.454 e. The first-order valence-corrected chi connectivity index (χ1v) is 6.45. The van der Waals surface area contributed by atoms with Crippen molar-refractivity contribution in [1.82, 2.24) is 5.32 Å². The van der Waals surface area contributed by atoms with Gasteiger partial charge in [-0.25, -0.2) is 4.79 Å². The lowest BCUT2D eigenvalue weighted by atomic mass is 9.58. The molecule has 10 nitrogen and oxygen atoms in total. The van der Waals surface area contributed by atoms with Crippen LogP contribution in [0.25, 0.3) is 0 Å². The lowest BCUT2D eigenvalue weighted by Gasteiger charge is -2.61. The van der Waals surface area contributed by atoms with Crippen molar-refractivity contribution in [3.63, 3.8) is 0 Å². The molecule has 0 aromatic heterocycles. The molecule has 2 aliphatic heterocycles. The van der Waals surface area contributed by atoms with Gasteiger partial charge < -0.3 is 41.3 Å². The summed E-state index contributed by atoms with van der Waals surface area (Å²) >= 11 is 0. The Labute approximate surface area is 118 Å². The highest BCUT2D eigenvalue weighted by molar-refractivity contribution is 5.84. The van der Waals surface area contributed by atoms with Gasteiger partial charge in [0.2, 0.25) is 0 Å². The van der Waals surface area contributed by atoms with E-state index in [1.807, 2.05) is 0 Å². The molecule has 1 saturated heterocycles. The van der Waals surface area contributed by atoms with E-state index in [1.54, 1.807) is 0 Å². The molecule has 21 heavy (non-hydrogen) atoms. The van der Waals surface area contributed by atoms with Crippen molar-refractivity contribution < 1.29 is 35.1 Å². The monoisotopic (exact) mass is 303 g/mol. The number of hydrogen-bond donors (Lipinski definition) is 7. The Morgan fingerprint density at radius 1 is 1.38 bits per heavy atom. The third kappa shape index (κ3) is 1.53. The molecule has 2 fully saturated rings. The van der Waals surface area contributed by atoms with Crippen LogP contribution in [0.3, 0.4) is 0 Å². The number of nitrogens with one attached hydrogen (secondary N) is 1. The molecular weight excluding hydrogens is 286 g/mol. The van der Waals surface area contributed by atoms with E-state index >= 15 is 0 Å². The van der Waals surface area contributed by atoms with Crippen LogP contribution < -0.4 is 11.1 Å². The maximum atomic E-state index is 11.8. The molecule has 1 aliphatic carbocycles. The van der Waals surface area contributed by atoms with E-state index in [0.29, 0.717) is 0 Å². The van der Waals surface area contributed by atoms with Gasteiger partial charge in [0.25, 0.3) is 0 Å². The van der Waals surface area contributed by atoms with E-state index in [4.69, 9.17) is 10.5 Å². The van der Waals surface area contributed by atoms with Crippen LogP contribution in [-0.2, 0) is 9.53 Å². The van der Waals surface area contributed by atoms with Gasteiger partial charge in [-0.3, -0.25) is 4.99 Å². The molecule has 3 rings (SSSR count). The number of aliphatic hydroxyl groups excluding tert-OH is 4. The van der Waals surface area contributed by atoms with Gasteiger partial charge in [0.1, 0.15) is 11.6 Å². The van der Waals surface area contributed by atoms with Crippen molar-refractivity contribution in [3.05, 3.63) is 0 Å². The molecule has 3 aliphatic rings. The molecule has 0 radical (unpaired) electrons. The Balaban J connectivity index is 2.18. The van der Waals surface area contributed by atoms with Crippen LogP contribution in [-0.4, -0.2) is 86.2 Å². The molecule has 0 amide bonds. The van der Waals surface area contributed by atoms with Gasteiger partial charge in [-0.05, 0) is 0 Å². The number of aliphatic imine (C=N–C) groups is 1. The maximum absolute atomic E-state index is 11.8. The topological polar surface area (TPSA) is 178 Å². The predicted molar refractivity (Wildman–Crippen MR) is 65.8 cm³/mol. The molecule has 2 heterocycles. The van der Waals surface area contributed by atoms with Crippen molar-refractivity contribution in [2.75, 3.05) is 13.2 Å². The zero-order valence-corrected chi connectivity index (χ0v) is 10.9. The summed E-state index contributed by atoms with van der Waals surface area (Å²) in [5.41, 5.74) is 1.57. The Morgan fingerprint density at radius 3 is 2.67 bits per heavy atom. The first-order valence-electron chi connectivity index (χ1n) is 6.45. The van der Waals surface area contributed by atoms with Crippen LogP contribution in [0.5, 0.6) is 0 Å². The van der Waals surface area contributed by atoms with Crippen LogP contribution in [0.1, 0.15) is 0 Å². The van der Waals surface area contributed by atoms with Gasteiger partial charge in [-0.1, -0.05) is 0 Å². The number of hydrogen-bond acceptors (Lipinski definition) is 10. The fourth-order valence-corrected chi connectivity index (χ4v) is 3.56. The Kier molecular flexibility index (Phi) is 2.94. The summed E-state index contributed by atoms with van der Waals surface area (Å²) in [6.45, 7) is -1.08. The van der Waals surface area contributed by atoms with Crippen molar-refractivity contribution >= 4 is 11.9 Å². The molecular formula is C11H17N3O7. The molecule has 8 N–H and O–H groups in total. The highest BCUT2D eigenvalue weighted by atomic mass is 16.6. The fourth-order valence-electron chi connectivity index (χ4n) is 3.56. The van der Waals surface area contributed by atoms with Gasteiger partial charge >= 0.3 is 5.97 Å². The molecule has 1 spiro atoms. The third-order valence-corrected chi connectivity index (χ3v) is 4.75. The second-order valence-electron chi connectivity index (χ2n) is 5.69. The first kappa shape index (κ1) is 14.5. The minimum absolute atomic E-state index is 0.112. The van der Waals surface area contributed by atoms with Crippen LogP contribution in [0.15, 0.2) is 4.99 Å². The van der Waals surface area contributed by atoms with E-state index < -0.39 is 54.0 Å². The number of nitrogens with two attached hydrogens (primary N) is 1. The maximum Gasteiger partial charge on any atom is 0.338 e. The SMILES string of the molecule is NC1=NC[C@H]2[C@H](O)[C@@](O)(CO)[C@@H]3OC(=O)[C@@H](O)C2(N1)[C@H]3O. The van der Waals surface area contributed by atoms with E-state index in [1.165, 1.54) is 0 Å². The normalized spacial score (nSPS) is 52.3. The summed E-state index contributed by atoms with van der Waals surface area (Å²) in [5, 5.41) is 53.3. The van der Waals surface area contributed by atoms with Crippen LogP contribution in [0.2, 0.25) is 0 Å². The quantitative estimate of drug-likeness (QED) is 0.234. The molecule has 118 valence electrons. The number of aliphatic hydroxyl groups is 5. The van der Waals surface area contributed by atoms with Crippen molar-refractivity contribution in [2.45, 2.75) is 35.6 Å². The Hall–Kier alpha value is -1.46. The highest BCUT2D eigenvalue weighted by Crippen LogP contribution is 2.47. The fraction of sp³-hybridized carbons (Fsp3) is 0.818. The molecule has 2 bridgehead atoms. The number of ether oxygens (including phenoxy) is 1. The summed E-state index contributed by atoms with van der Waals surface area (Å²) in [5.74, 6) is -2.24. The van der Waals surface area contributed by atoms with Crippen molar-refractivity contribution in [1.29, 1.82) is 0 Å². The molecule has 7 atom stereocenters. The van der Waals surface area contributed by atoms with E-state index in [2.05, 4.69) is 10.3 Å². The average Bonchev–Trinajstić information content (AvgIpc) is 2.46. The van der Waals surface area contributed by atoms with Crippen LogP contribution in [0, 0.1) is 5.92 Å². The lowest BCUT2D eigenvalue weighted by Crippen LogP contribution is -2.87. The standard InChI is InChI=1S/C11H17N3O7/c12-9-13-1-3-4(16)10(20,2-15)7-5(17)11(3,14-9)6(18)8(19)21-7/h3-7,15-18,20H,1-2H2,(H3,12,13,14)/t3-,4-,5-,6+,7+,10-,11?/m0/s1. The van der Waals surface area contributed by atoms with Gasteiger partial charge in [0.05, 0.1) is 19.3 Å². The number of carbonyl (C=O) groups excluding carboxylic acids is 1. The smallest absolute Gasteiger partial charge is 0.338 e. The molecule has 0 aromatic rings. The Bertz CT molecular complexity index is 514. The first-order chi connectivity index (χ1) is 9.79. The number of nitrogens with zero attached hydrogens (tertiary/aromatic N) is 1. The Morgan fingerprint density at radius 2 is 2.05 bits per heavy atom. The van der Waals surface area contributed by atoms with Crippen LogP contribution >= 0.6 is 0 Å². The molecule has 1 saturated carbocycles. The van der Waals surface area contributed by atoms with E-state index in [0.717, 1.165) is 0 Å². The van der Waals surface area contributed by atoms with Crippen molar-refractivity contribution in [3.8, 4) is 0 Å². The lowest BCUT2D eigenvalue weighted by molar-refractivity contribution is -0.298. The second kappa shape index (κ2) is 4.27. The second-order valence-corrected chi connectivity index (χ2v) is 5.69. The average molecular weight is 303 g/mol. The predicted octanol–water partition coefficient (Wildman–Crippen LogP) is -5.00. The summed E-state index contributed by atoms with van der Waals surface area (Å²) < 4.78 is 4.81. The van der Waals surface area contributed by atoms with E-state index in [-0.39, 0.29) is 12.5 Å². The van der Waals surface area contributed by atoms with Gasteiger partial charge in [-0.15, -0.1) is 0 Å². The number of carbonyl (C=O) groups is 1. The zero-order valence-electron chi connectivity index (χ0n) is 10.9. The van der Waals surface area contributed by atoms with Crippen molar-refractivity contribution in [2.24, 2.45) is 16.6 Å². The molecule has 1 unspecified atom stereocenters. The number of fused-ring (bicyclic) bond motifs is 1.